The number of aryl methyl sites for hydroxylation is 1. The highest BCUT2D eigenvalue weighted by atomic mass is 19.3. The molecular weight excluding hydrogens is 394 g/mol. The molecule has 0 saturated heterocycles. The van der Waals surface area contributed by atoms with Gasteiger partial charge in [0, 0.05) is 31.2 Å². The van der Waals surface area contributed by atoms with Crippen LogP contribution in [0.5, 0.6) is 5.88 Å². The van der Waals surface area contributed by atoms with Gasteiger partial charge in [-0.25, -0.2) is 13.8 Å². The summed E-state index contributed by atoms with van der Waals surface area (Å²) >= 11 is 0. The molecule has 154 valence electrons. The van der Waals surface area contributed by atoms with Gasteiger partial charge in [0.25, 0.3) is 5.91 Å². The molecule has 0 aromatic carbocycles. The van der Waals surface area contributed by atoms with Crippen molar-refractivity contribution in [3.8, 4) is 5.88 Å². The molecule has 3 aromatic rings. The maximum Gasteiger partial charge on any atom is 0.340 e. The van der Waals surface area contributed by atoms with Gasteiger partial charge >= 0.3 is 12.3 Å². The lowest BCUT2D eigenvalue weighted by molar-refractivity contribution is -0.148. The predicted octanol–water partition coefficient (Wildman–Crippen LogP) is 2.82. The van der Waals surface area contributed by atoms with Gasteiger partial charge in [0.15, 0.2) is 6.61 Å². The second-order valence-electron chi connectivity index (χ2n) is 6.31. The zero-order valence-electron chi connectivity index (χ0n) is 15.5. The highest BCUT2D eigenvalue weighted by molar-refractivity contribution is 6.03. The standard InChI is InChI=1S/C18H17F4N5O2/c1-10-5-11(6-25-16(10)29-9-18(21,22)17(19)20)7-27-8-12-13(26-27)3-4-24-14(12)15(28)23-2/h3-6,8,17H,7,9H2,1-2H3,(H,23,28). The minimum Gasteiger partial charge on any atom is -0.471 e. The maximum atomic E-state index is 13.0. The first-order valence-electron chi connectivity index (χ1n) is 8.50. The minimum atomic E-state index is -4.25. The van der Waals surface area contributed by atoms with Crippen molar-refractivity contribution in [3.05, 3.63) is 47.5 Å². The van der Waals surface area contributed by atoms with Gasteiger partial charge in [0.1, 0.15) is 5.69 Å². The fourth-order valence-electron chi connectivity index (χ4n) is 2.65. The van der Waals surface area contributed by atoms with Crippen LogP contribution in [0.4, 0.5) is 17.6 Å². The van der Waals surface area contributed by atoms with E-state index in [0.717, 1.165) is 0 Å². The molecule has 3 aromatic heterocycles. The Bertz CT molecular complexity index is 1040. The molecule has 0 fully saturated rings. The summed E-state index contributed by atoms with van der Waals surface area (Å²) in [7, 11) is 1.50. The third-order valence-electron chi connectivity index (χ3n) is 4.08. The van der Waals surface area contributed by atoms with Crippen molar-refractivity contribution in [2.45, 2.75) is 25.8 Å². The van der Waals surface area contributed by atoms with Crippen molar-refractivity contribution < 1.29 is 27.1 Å². The Labute approximate surface area is 162 Å². The first-order chi connectivity index (χ1) is 13.7. The van der Waals surface area contributed by atoms with Crippen LogP contribution in [0.2, 0.25) is 0 Å². The number of fused-ring (bicyclic) bond motifs is 1. The van der Waals surface area contributed by atoms with Crippen molar-refractivity contribution in [1.29, 1.82) is 0 Å². The Morgan fingerprint density at radius 3 is 2.76 bits per heavy atom. The Morgan fingerprint density at radius 2 is 2.10 bits per heavy atom. The van der Waals surface area contributed by atoms with E-state index in [0.29, 0.717) is 22.0 Å². The summed E-state index contributed by atoms with van der Waals surface area (Å²) in [5.41, 5.74) is 1.92. The Hall–Kier alpha value is -3.24. The number of nitrogens with zero attached hydrogens (tertiary/aromatic N) is 4. The number of rotatable bonds is 7. The summed E-state index contributed by atoms with van der Waals surface area (Å²) in [6.45, 7) is 0.389. The number of hydrogen-bond acceptors (Lipinski definition) is 5. The van der Waals surface area contributed by atoms with Crippen molar-refractivity contribution in [3.63, 3.8) is 0 Å². The molecular formula is C18H17F4N5O2. The van der Waals surface area contributed by atoms with Gasteiger partial charge in [-0.15, -0.1) is 0 Å². The molecule has 3 heterocycles. The van der Waals surface area contributed by atoms with Crippen LogP contribution in [0.15, 0.2) is 30.7 Å². The molecule has 0 atom stereocenters. The van der Waals surface area contributed by atoms with Crippen molar-refractivity contribution >= 4 is 16.8 Å². The van der Waals surface area contributed by atoms with E-state index in [1.54, 1.807) is 29.9 Å². The maximum absolute atomic E-state index is 13.0. The molecule has 1 amide bonds. The van der Waals surface area contributed by atoms with Gasteiger partial charge in [0.2, 0.25) is 5.88 Å². The van der Waals surface area contributed by atoms with Gasteiger partial charge in [-0.3, -0.25) is 14.5 Å². The summed E-state index contributed by atoms with van der Waals surface area (Å²) in [5, 5.41) is 7.47. The lowest BCUT2D eigenvalue weighted by Crippen LogP contribution is -2.34. The molecule has 0 spiro atoms. The van der Waals surface area contributed by atoms with Crippen LogP contribution in [0.25, 0.3) is 10.9 Å². The van der Waals surface area contributed by atoms with Crippen LogP contribution >= 0.6 is 0 Å². The first kappa shape index (κ1) is 20.5. The fraction of sp³-hybridized carbons (Fsp3) is 0.333. The highest BCUT2D eigenvalue weighted by Gasteiger charge is 2.42. The fourth-order valence-corrected chi connectivity index (χ4v) is 2.65. The van der Waals surface area contributed by atoms with E-state index in [1.807, 2.05) is 0 Å². The molecule has 1 N–H and O–H groups in total. The molecule has 0 aliphatic rings. The van der Waals surface area contributed by atoms with E-state index < -0.39 is 19.0 Å². The van der Waals surface area contributed by atoms with Crippen LogP contribution in [-0.4, -0.2) is 51.7 Å². The minimum absolute atomic E-state index is 0.147. The second kappa shape index (κ2) is 8.02. The lowest BCUT2D eigenvalue weighted by Gasteiger charge is -2.16. The lowest BCUT2D eigenvalue weighted by atomic mass is 10.2. The first-order valence-corrected chi connectivity index (χ1v) is 8.50. The number of carbonyl (C=O) groups is 1. The van der Waals surface area contributed by atoms with Crippen LogP contribution in [0.1, 0.15) is 21.6 Å². The molecule has 0 radical (unpaired) electrons. The Morgan fingerprint density at radius 1 is 1.34 bits per heavy atom. The highest BCUT2D eigenvalue weighted by Crippen LogP contribution is 2.25. The summed E-state index contributed by atoms with van der Waals surface area (Å²) in [4.78, 5) is 19.9. The summed E-state index contributed by atoms with van der Waals surface area (Å²) in [5.74, 6) is -4.74. The summed E-state index contributed by atoms with van der Waals surface area (Å²) in [6.07, 6.45) is 0.713. The second-order valence-corrected chi connectivity index (χ2v) is 6.31. The van der Waals surface area contributed by atoms with E-state index in [2.05, 4.69) is 20.4 Å². The molecule has 0 aliphatic carbocycles. The molecule has 0 unspecified atom stereocenters. The largest absolute Gasteiger partial charge is 0.471 e. The molecule has 11 heteroatoms. The SMILES string of the molecule is CNC(=O)c1nccc2nn(Cc3cnc(OCC(F)(F)C(F)F)c(C)c3)cc12. The summed E-state index contributed by atoms with van der Waals surface area (Å²) in [6, 6.07) is 3.30. The summed E-state index contributed by atoms with van der Waals surface area (Å²) < 4.78 is 56.8. The van der Waals surface area contributed by atoms with Gasteiger partial charge in [0.05, 0.1) is 17.4 Å². The predicted molar refractivity (Wildman–Crippen MR) is 95.4 cm³/mol. The quantitative estimate of drug-likeness (QED) is 0.605. The Kier molecular flexibility index (Phi) is 5.66. The van der Waals surface area contributed by atoms with Gasteiger partial charge in [-0.2, -0.15) is 13.9 Å². The zero-order chi connectivity index (χ0) is 21.2. The average molecular weight is 411 g/mol. The van der Waals surface area contributed by atoms with E-state index in [9.17, 15) is 22.4 Å². The molecule has 7 nitrogen and oxygen atoms in total. The third kappa shape index (κ3) is 4.44. The van der Waals surface area contributed by atoms with Gasteiger partial charge in [-0.05, 0) is 24.6 Å². The number of aromatic nitrogens is 4. The number of pyridine rings is 2. The molecule has 0 bridgehead atoms. The van der Waals surface area contributed by atoms with E-state index in [4.69, 9.17) is 4.74 Å². The van der Waals surface area contributed by atoms with Crippen LogP contribution in [0, 0.1) is 6.92 Å². The number of nitrogens with one attached hydrogen (secondary N) is 1. The Balaban J connectivity index is 1.77. The normalized spacial score (nSPS) is 11.8. The topological polar surface area (TPSA) is 81.9 Å². The third-order valence-corrected chi connectivity index (χ3v) is 4.08. The van der Waals surface area contributed by atoms with Crippen LogP contribution in [-0.2, 0) is 6.54 Å². The monoisotopic (exact) mass is 411 g/mol. The van der Waals surface area contributed by atoms with E-state index >= 15 is 0 Å². The van der Waals surface area contributed by atoms with Crippen LogP contribution < -0.4 is 10.1 Å². The van der Waals surface area contributed by atoms with Crippen molar-refractivity contribution in [1.82, 2.24) is 25.1 Å². The molecule has 0 aliphatic heterocycles. The number of ether oxygens (including phenoxy) is 1. The van der Waals surface area contributed by atoms with Gasteiger partial charge < -0.3 is 10.1 Å². The van der Waals surface area contributed by atoms with Crippen molar-refractivity contribution in [2.24, 2.45) is 0 Å². The smallest absolute Gasteiger partial charge is 0.340 e. The van der Waals surface area contributed by atoms with Gasteiger partial charge in [-0.1, -0.05) is 0 Å². The number of halogens is 4. The van der Waals surface area contributed by atoms with Crippen molar-refractivity contribution in [2.75, 3.05) is 13.7 Å². The molecule has 29 heavy (non-hydrogen) atoms. The van der Waals surface area contributed by atoms with E-state index in [1.165, 1.54) is 19.4 Å². The average Bonchev–Trinajstić information content (AvgIpc) is 3.08. The number of carbonyl (C=O) groups excluding carboxylic acids is 1. The zero-order valence-corrected chi connectivity index (χ0v) is 15.5. The number of amides is 1. The molecule has 3 rings (SSSR count). The molecule has 0 saturated carbocycles. The number of hydrogen-bond donors (Lipinski definition) is 1. The van der Waals surface area contributed by atoms with Crippen LogP contribution in [0.3, 0.4) is 0 Å². The van der Waals surface area contributed by atoms with E-state index in [-0.39, 0.29) is 24.0 Å². The number of alkyl halides is 4.